The number of para-hydroxylation sites is 4. The number of nitrogens with zero attached hydrogens (tertiary/aromatic N) is 8. The number of Topliss-reactive ketones (excluding diaryl/α,β-unsaturated/α-hetero) is 1. The Morgan fingerprint density at radius 1 is 0.485 bits per heavy atom. The summed E-state index contributed by atoms with van der Waals surface area (Å²) in [7, 11) is 0. The number of oxazole rings is 1. The maximum atomic E-state index is 13.0. The second kappa shape index (κ2) is 44.7. The molecule has 2 aliphatic carbocycles. The predicted octanol–water partition coefficient (Wildman–Crippen LogP) is 2.91. The molecule has 8 heterocycles. The standard InChI is InChI=1S/C21H17N3O6.C20H19F3N2O6.C17H17N3O8.C15H20N2O6.C12H13N3O6S/c1-12(25)10-22-20(27)18-19(26)13-6-2-4-8-15(13)24(21(18)28)29-11-17-23-14-7-3-5-9-16(14)30-17;21-20(22,23)12-7-5-11(6-8-12)10-31-25-14-4-2-1-3-13(14)17(28)16(19(25)30)18(29)24-9-15(26)27;21-12(22)9-18-15(24)13-14(23)10-3-1-2-4-11(10)20(16(13)25)28-8-6-19-5-7-27-17(19)26;1-2-7-23-17-10-6-4-3-5-9(10)13(20)12(15(17)22)14(21)16-8-11(18)19;1-3-21-15-11(20)8(10(19)13-4-6(16)17)9(18)7-5(2)14-22-12(7)15/h2-9,26H,10-11H2,1H3,(H,22,27);5-8,28H,1-4,9-10H2,(H,24,29)(H,26,27);1-4,23H,5-9H2,(H,18,24)(H,21,22);20H,2-8H2,1H3,(H,16,21)(H,18,19);18H,3-4H2,1-2H3,(H,13,19)(H,16,17). The highest BCUT2D eigenvalue weighted by atomic mass is 32.1. The number of alkyl halides is 3. The van der Waals surface area contributed by atoms with E-state index in [0.29, 0.717) is 103 Å². The number of ketones is 1. The first-order chi connectivity index (χ1) is 63.8. The van der Waals surface area contributed by atoms with E-state index in [-0.39, 0.29) is 95.6 Å². The minimum atomic E-state index is -4.48. The van der Waals surface area contributed by atoms with E-state index in [1.165, 1.54) is 36.1 Å². The van der Waals surface area contributed by atoms with Crippen LogP contribution in [0.5, 0.6) is 28.7 Å². The summed E-state index contributed by atoms with van der Waals surface area (Å²) in [4.78, 5) is 223. The molecule has 0 spiro atoms. The molecule has 3 aliphatic rings. The second-order valence-electron chi connectivity index (χ2n) is 29.1. The fourth-order valence-electron chi connectivity index (χ4n) is 13.6. The van der Waals surface area contributed by atoms with Gasteiger partial charge in [0.05, 0.1) is 58.7 Å². The van der Waals surface area contributed by atoms with Crippen LogP contribution in [0.25, 0.3) is 43.1 Å². The first-order valence-corrected chi connectivity index (χ1v) is 41.4. The number of ether oxygens (including phenoxy) is 1. The predicted molar refractivity (Wildman–Crippen MR) is 460 cm³/mol. The lowest BCUT2D eigenvalue weighted by atomic mass is 9.93. The van der Waals surface area contributed by atoms with E-state index >= 15 is 0 Å². The Bertz CT molecular complexity index is 6680. The third-order valence-corrected chi connectivity index (χ3v) is 20.7. The van der Waals surface area contributed by atoms with Crippen LogP contribution in [0.15, 0.2) is 125 Å². The van der Waals surface area contributed by atoms with E-state index in [4.69, 9.17) is 53.8 Å². The van der Waals surface area contributed by atoms with E-state index in [1.807, 2.05) is 35.0 Å². The average molecular weight is 1890 g/mol. The molecule has 11 aromatic rings. The zero-order valence-electron chi connectivity index (χ0n) is 71.3. The van der Waals surface area contributed by atoms with Crippen molar-refractivity contribution < 1.29 is 145 Å². The lowest BCUT2D eigenvalue weighted by Crippen LogP contribution is -2.40. The molecule has 0 atom stereocenters. The van der Waals surface area contributed by atoms with Crippen molar-refractivity contribution in [2.24, 2.45) is 0 Å². The molecule has 0 radical (unpaired) electrons. The Labute approximate surface area is 754 Å². The van der Waals surface area contributed by atoms with Crippen molar-refractivity contribution in [3.05, 3.63) is 222 Å². The zero-order valence-corrected chi connectivity index (χ0v) is 72.1. The van der Waals surface area contributed by atoms with Crippen molar-refractivity contribution in [2.45, 2.75) is 105 Å². The Balaban J connectivity index is 0.000000174. The third-order valence-electron chi connectivity index (χ3n) is 19.8. The van der Waals surface area contributed by atoms with Gasteiger partial charge in [-0.2, -0.15) is 17.5 Å². The molecule has 1 fully saturated rings. The summed E-state index contributed by atoms with van der Waals surface area (Å²) in [6.45, 7) is 4.17. The maximum Gasteiger partial charge on any atom is 0.416 e. The number of amides is 6. The molecule has 134 heavy (non-hydrogen) atoms. The van der Waals surface area contributed by atoms with E-state index in [9.17, 15) is 115 Å². The summed E-state index contributed by atoms with van der Waals surface area (Å²) in [6.07, 6.45) is 0.720. The molecule has 1 aliphatic heterocycles. The fourth-order valence-corrected chi connectivity index (χ4v) is 14.5. The van der Waals surface area contributed by atoms with Gasteiger partial charge < -0.3 is 111 Å². The van der Waals surface area contributed by atoms with Gasteiger partial charge in [-0.3, -0.25) is 71.9 Å². The molecule has 7 aromatic heterocycles. The van der Waals surface area contributed by atoms with Crippen LogP contribution in [0, 0.1) is 6.92 Å². The summed E-state index contributed by atoms with van der Waals surface area (Å²) in [5.74, 6) is -12.6. The molecule has 710 valence electrons. The molecule has 1 saturated heterocycles. The van der Waals surface area contributed by atoms with Gasteiger partial charge in [0.15, 0.2) is 28.1 Å². The number of cyclic esters (lactones) is 1. The first kappa shape index (κ1) is 99.6. The number of carbonyl (C=O) groups excluding carboxylic acids is 7. The number of halogens is 3. The van der Waals surface area contributed by atoms with Crippen molar-refractivity contribution in [3.8, 4) is 28.7 Å². The van der Waals surface area contributed by atoms with Gasteiger partial charge in [0, 0.05) is 21.9 Å². The van der Waals surface area contributed by atoms with Gasteiger partial charge in [0.25, 0.3) is 51.8 Å². The number of carboxylic acids is 4. The number of benzene rings is 4. The number of aromatic nitrogens is 7. The normalized spacial score (nSPS) is 12.4. The van der Waals surface area contributed by atoms with E-state index in [1.54, 1.807) is 62.4 Å². The quantitative estimate of drug-likeness (QED) is 0.0308. The third kappa shape index (κ3) is 23.6. The number of nitrogens with one attached hydrogen (secondary N) is 5. The van der Waals surface area contributed by atoms with Crippen molar-refractivity contribution in [1.29, 1.82) is 0 Å². The summed E-state index contributed by atoms with van der Waals surface area (Å²) in [5.41, 5.74) is -3.83. The molecule has 0 bridgehead atoms. The van der Waals surface area contributed by atoms with Gasteiger partial charge in [-0.15, -0.1) is 23.7 Å². The number of pyridine rings is 5. The highest BCUT2D eigenvalue weighted by Gasteiger charge is 2.35. The monoisotopic (exact) mass is 1890 g/mol. The largest absolute Gasteiger partial charge is 0.507 e. The highest BCUT2D eigenvalue weighted by Crippen LogP contribution is 2.36. The van der Waals surface area contributed by atoms with Crippen LogP contribution in [0.2, 0.25) is 0 Å². The average Bonchev–Trinajstić information content (AvgIpc) is 1.48. The van der Waals surface area contributed by atoms with Crippen LogP contribution in [0.4, 0.5) is 18.0 Å². The molecular weight excluding hydrogens is 1800 g/mol. The Morgan fingerprint density at radius 3 is 1.36 bits per heavy atom. The molecule has 0 unspecified atom stereocenters. The van der Waals surface area contributed by atoms with Crippen LogP contribution in [-0.4, -0.2) is 221 Å². The van der Waals surface area contributed by atoms with Crippen LogP contribution < -0.4 is 78.6 Å². The van der Waals surface area contributed by atoms with Crippen LogP contribution in [-0.2, 0) is 73.8 Å². The van der Waals surface area contributed by atoms with Crippen molar-refractivity contribution in [1.82, 2.24) is 64.5 Å². The van der Waals surface area contributed by atoms with Crippen molar-refractivity contribution in [3.63, 3.8) is 0 Å². The maximum absolute atomic E-state index is 13.0. The molecule has 45 nitrogen and oxygen atoms in total. The Morgan fingerprint density at radius 2 is 0.903 bits per heavy atom. The topological polar surface area (TPSA) is 638 Å². The summed E-state index contributed by atoms with van der Waals surface area (Å²) >= 11 is 0.950. The number of aliphatic carboxylic acids is 4. The van der Waals surface area contributed by atoms with E-state index < -0.39 is 176 Å². The van der Waals surface area contributed by atoms with Crippen LogP contribution in [0.1, 0.15) is 150 Å². The van der Waals surface area contributed by atoms with Gasteiger partial charge in [0.1, 0.15) is 116 Å². The Hall–Kier alpha value is -16.5. The fraction of sp³-hybridized carbons (Fsp3) is 0.318. The zero-order chi connectivity index (χ0) is 97.7. The van der Waals surface area contributed by atoms with Crippen molar-refractivity contribution in [2.75, 3.05) is 72.2 Å². The van der Waals surface area contributed by atoms with Gasteiger partial charge in [0.2, 0.25) is 5.89 Å². The number of carbonyl (C=O) groups is 11. The number of hydrogen-bond acceptors (Lipinski definition) is 31. The van der Waals surface area contributed by atoms with Gasteiger partial charge in [-0.05, 0) is 144 Å². The van der Waals surface area contributed by atoms with E-state index in [2.05, 4.69) is 20.0 Å². The number of fused-ring (bicyclic) bond motifs is 6. The van der Waals surface area contributed by atoms with Crippen LogP contribution >= 0.6 is 11.5 Å². The van der Waals surface area contributed by atoms with E-state index in [0.717, 1.165) is 60.2 Å². The number of carboxylic acid groups (broad SMARTS) is 4. The molecule has 0 saturated carbocycles. The SMILES string of the molecule is CC(=O)CNC(=O)c1c(O)c2ccccc2n(OCc2nc3ccccc3o2)c1=O.CCCOn1c2c(c(O)c(C(=O)NCC(=O)O)c1=O)CCCC2.CCOn1c(=O)c(C(=O)NCC(=O)O)c(O)c2c(C)nsc21.O=C(O)CNC(=O)c1c(O)c2c(n(OCc3ccc(C(F)(F)F)cc3)c1=O)CCCC2.O=C(O)CNC(=O)c1c(O)c2ccccc2n(OCCN2CCOC2=O)c1=O. The number of rotatable bonds is 30. The minimum Gasteiger partial charge on any atom is -0.507 e. The Kier molecular flexibility index (Phi) is 33.2. The highest BCUT2D eigenvalue weighted by molar-refractivity contribution is 7.13. The smallest absolute Gasteiger partial charge is 0.416 e. The lowest BCUT2D eigenvalue weighted by molar-refractivity contribution is -0.138. The number of aromatic hydroxyl groups is 5. The molecule has 6 amide bonds. The minimum absolute atomic E-state index is 0.0695. The first-order valence-electron chi connectivity index (χ1n) is 40.6. The van der Waals surface area contributed by atoms with Gasteiger partial charge in [-0.25, -0.2) is 9.78 Å². The summed E-state index contributed by atoms with van der Waals surface area (Å²) in [6, 6.07) is 24.0. The van der Waals surface area contributed by atoms with Crippen LogP contribution in [0.3, 0.4) is 0 Å². The van der Waals surface area contributed by atoms with Gasteiger partial charge in [-0.1, -0.05) is 55.5 Å². The number of aryl methyl sites for hydroxylation is 1. The molecule has 49 heteroatoms. The number of hydrogen-bond donors (Lipinski definition) is 14. The molecular formula is C85H86F3N13O32S. The lowest BCUT2D eigenvalue weighted by Gasteiger charge is -2.23. The molecule has 4 aromatic carbocycles. The van der Waals surface area contributed by atoms with Gasteiger partial charge >= 0.3 is 41.7 Å². The second-order valence-corrected chi connectivity index (χ2v) is 29.8. The summed E-state index contributed by atoms with van der Waals surface area (Å²) < 4.78 is 57.1. The molecule has 14 rings (SSSR count). The van der Waals surface area contributed by atoms with Crippen molar-refractivity contribution >= 4 is 120 Å². The summed E-state index contributed by atoms with van der Waals surface area (Å²) in [5, 5.41) is 97.7. The molecule has 14 N–H and O–H groups in total.